The molecule has 0 aliphatic carbocycles. The standard InChI is InChI=1S/C21H24ClN5/c1-21(2,3)19-16(11-24-26-19)13-27-9-8-18-15(12-27)10-23-20(25-18)14-4-6-17(22)7-5-14/h4-7,10-11H,8-9,12-13H2,1-3H3,(H,24,26). The second kappa shape index (κ2) is 7.06. The molecule has 0 saturated heterocycles. The molecule has 0 atom stereocenters. The smallest absolute Gasteiger partial charge is 0.159 e. The second-order valence-electron chi connectivity index (χ2n) is 8.15. The Morgan fingerprint density at radius 3 is 2.67 bits per heavy atom. The van der Waals surface area contributed by atoms with E-state index < -0.39 is 0 Å². The summed E-state index contributed by atoms with van der Waals surface area (Å²) in [6, 6.07) is 7.68. The maximum atomic E-state index is 5.97. The second-order valence-corrected chi connectivity index (χ2v) is 8.59. The van der Waals surface area contributed by atoms with E-state index in [1.54, 1.807) is 0 Å². The van der Waals surface area contributed by atoms with Crippen LogP contribution in [0.15, 0.2) is 36.7 Å². The first kappa shape index (κ1) is 18.1. The Labute approximate surface area is 164 Å². The molecule has 3 heterocycles. The molecular weight excluding hydrogens is 358 g/mol. The summed E-state index contributed by atoms with van der Waals surface area (Å²) in [5.74, 6) is 0.767. The fourth-order valence-electron chi connectivity index (χ4n) is 3.57. The van der Waals surface area contributed by atoms with Crippen LogP contribution in [0.2, 0.25) is 5.02 Å². The van der Waals surface area contributed by atoms with Crippen molar-refractivity contribution in [2.75, 3.05) is 6.54 Å². The molecule has 2 aromatic heterocycles. The molecule has 1 aliphatic rings. The lowest BCUT2D eigenvalue weighted by Gasteiger charge is -2.29. The van der Waals surface area contributed by atoms with E-state index in [2.05, 4.69) is 40.9 Å². The summed E-state index contributed by atoms with van der Waals surface area (Å²) in [5, 5.41) is 8.16. The normalized spacial score (nSPS) is 15.0. The third kappa shape index (κ3) is 3.89. The average molecular weight is 382 g/mol. The van der Waals surface area contributed by atoms with Crippen molar-refractivity contribution in [1.82, 2.24) is 25.1 Å². The zero-order valence-electron chi connectivity index (χ0n) is 16.0. The highest BCUT2D eigenvalue weighted by atomic mass is 35.5. The van der Waals surface area contributed by atoms with E-state index in [0.29, 0.717) is 0 Å². The monoisotopic (exact) mass is 381 g/mol. The van der Waals surface area contributed by atoms with Crippen LogP contribution in [0, 0.1) is 0 Å². The number of hydrogen-bond acceptors (Lipinski definition) is 4. The van der Waals surface area contributed by atoms with E-state index in [-0.39, 0.29) is 5.41 Å². The van der Waals surface area contributed by atoms with Crippen LogP contribution in [-0.2, 0) is 24.9 Å². The molecule has 0 radical (unpaired) electrons. The average Bonchev–Trinajstić information content (AvgIpc) is 3.10. The minimum absolute atomic E-state index is 0.0656. The highest BCUT2D eigenvalue weighted by Crippen LogP contribution is 2.27. The fraction of sp³-hybridized carbons (Fsp3) is 0.381. The van der Waals surface area contributed by atoms with Crippen molar-refractivity contribution in [3.8, 4) is 11.4 Å². The summed E-state index contributed by atoms with van der Waals surface area (Å²) in [6.45, 7) is 9.37. The van der Waals surface area contributed by atoms with Gasteiger partial charge in [-0.3, -0.25) is 10.00 Å². The molecule has 0 saturated carbocycles. The Balaban J connectivity index is 1.51. The first-order chi connectivity index (χ1) is 12.9. The van der Waals surface area contributed by atoms with E-state index in [9.17, 15) is 0 Å². The highest BCUT2D eigenvalue weighted by molar-refractivity contribution is 6.30. The third-order valence-electron chi connectivity index (χ3n) is 4.98. The molecule has 1 aliphatic heterocycles. The van der Waals surface area contributed by atoms with Crippen LogP contribution in [0.25, 0.3) is 11.4 Å². The highest BCUT2D eigenvalue weighted by Gasteiger charge is 2.24. The van der Waals surface area contributed by atoms with Gasteiger partial charge in [-0.2, -0.15) is 5.10 Å². The van der Waals surface area contributed by atoms with Gasteiger partial charge in [-0.1, -0.05) is 32.4 Å². The van der Waals surface area contributed by atoms with Gasteiger partial charge in [-0.15, -0.1) is 0 Å². The van der Waals surface area contributed by atoms with Gasteiger partial charge in [0.2, 0.25) is 0 Å². The SMILES string of the molecule is CC(C)(C)c1[nH]ncc1CN1CCc2nc(-c3ccc(Cl)cc3)ncc2C1. The molecule has 4 rings (SSSR count). The van der Waals surface area contributed by atoms with Gasteiger partial charge < -0.3 is 0 Å². The van der Waals surface area contributed by atoms with Gasteiger partial charge in [-0.25, -0.2) is 9.97 Å². The fourth-order valence-corrected chi connectivity index (χ4v) is 3.69. The number of halogens is 1. The molecule has 1 aromatic carbocycles. The lowest BCUT2D eigenvalue weighted by atomic mass is 9.89. The van der Waals surface area contributed by atoms with Gasteiger partial charge in [0, 0.05) is 65.1 Å². The quantitative estimate of drug-likeness (QED) is 0.731. The predicted octanol–water partition coefficient (Wildman–Crippen LogP) is 4.38. The molecular formula is C21H24ClN5. The molecule has 6 heteroatoms. The number of hydrogen-bond donors (Lipinski definition) is 1. The van der Waals surface area contributed by atoms with Crippen LogP contribution in [0.4, 0.5) is 0 Å². The Hall–Kier alpha value is -2.24. The topological polar surface area (TPSA) is 57.7 Å². The van der Waals surface area contributed by atoms with Gasteiger partial charge >= 0.3 is 0 Å². The van der Waals surface area contributed by atoms with Crippen molar-refractivity contribution in [1.29, 1.82) is 0 Å². The van der Waals surface area contributed by atoms with Crippen molar-refractivity contribution < 1.29 is 0 Å². The van der Waals surface area contributed by atoms with E-state index in [1.807, 2.05) is 36.7 Å². The van der Waals surface area contributed by atoms with Crippen molar-refractivity contribution >= 4 is 11.6 Å². The van der Waals surface area contributed by atoms with Crippen LogP contribution in [0.1, 0.15) is 43.3 Å². The van der Waals surface area contributed by atoms with Crippen LogP contribution >= 0.6 is 11.6 Å². The summed E-state index contributed by atoms with van der Waals surface area (Å²) < 4.78 is 0. The van der Waals surface area contributed by atoms with Gasteiger partial charge in [0.25, 0.3) is 0 Å². The van der Waals surface area contributed by atoms with Crippen molar-refractivity contribution in [3.05, 3.63) is 64.2 Å². The number of H-pyrrole nitrogens is 1. The maximum Gasteiger partial charge on any atom is 0.159 e. The molecule has 0 amide bonds. The largest absolute Gasteiger partial charge is 0.294 e. The summed E-state index contributed by atoms with van der Waals surface area (Å²) in [4.78, 5) is 11.8. The van der Waals surface area contributed by atoms with Crippen LogP contribution in [0.5, 0.6) is 0 Å². The third-order valence-corrected chi connectivity index (χ3v) is 5.23. The first-order valence-corrected chi connectivity index (χ1v) is 9.64. The van der Waals surface area contributed by atoms with Crippen LogP contribution in [0.3, 0.4) is 0 Å². The van der Waals surface area contributed by atoms with E-state index in [1.165, 1.54) is 16.8 Å². The van der Waals surface area contributed by atoms with Gasteiger partial charge in [0.15, 0.2) is 5.82 Å². The molecule has 0 spiro atoms. The Bertz CT molecular complexity index is 940. The van der Waals surface area contributed by atoms with Crippen molar-refractivity contribution in [2.45, 2.75) is 45.7 Å². The summed E-state index contributed by atoms with van der Waals surface area (Å²) in [6.07, 6.45) is 4.86. The number of nitrogens with one attached hydrogen (secondary N) is 1. The summed E-state index contributed by atoms with van der Waals surface area (Å²) >= 11 is 5.97. The molecule has 27 heavy (non-hydrogen) atoms. The molecule has 0 unspecified atom stereocenters. The summed E-state index contributed by atoms with van der Waals surface area (Å²) in [5.41, 5.74) is 5.90. The predicted molar refractivity (Wildman–Crippen MR) is 108 cm³/mol. The van der Waals surface area contributed by atoms with Gasteiger partial charge in [-0.05, 0) is 24.3 Å². The lowest BCUT2D eigenvalue weighted by Crippen LogP contribution is -2.31. The Morgan fingerprint density at radius 1 is 1.15 bits per heavy atom. The first-order valence-electron chi connectivity index (χ1n) is 9.26. The Morgan fingerprint density at radius 2 is 1.93 bits per heavy atom. The number of aromatic nitrogens is 4. The van der Waals surface area contributed by atoms with E-state index >= 15 is 0 Å². The molecule has 140 valence electrons. The van der Waals surface area contributed by atoms with Gasteiger partial charge in [0.1, 0.15) is 0 Å². The summed E-state index contributed by atoms with van der Waals surface area (Å²) in [7, 11) is 0. The van der Waals surface area contributed by atoms with Gasteiger partial charge in [0.05, 0.1) is 11.9 Å². The number of fused-ring (bicyclic) bond motifs is 1. The minimum atomic E-state index is 0.0656. The molecule has 3 aromatic rings. The molecule has 0 fully saturated rings. The zero-order chi connectivity index (χ0) is 19.0. The Kier molecular flexibility index (Phi) is 4.74. The van der Waals surface area contributed by atoms with E-state index in [0.717, 1.165) is 48.2 Å². The van der Waals surface area contributed by atoms with Crippen LogP contribution < -0.4 is 0 Å². The zero-order valence-corrected chi connectivity index (χ0v) is 16.7. The minimum Gasteiger partial charge on any atom is -0.294 e. The lowest BCUT2D eigenvalue weighted by molar-refractivity contribution is 0.241. The number of nitrogens with zero attached hydrogens (tertiary/aromatic N) is 4. The maximum absolute atomic E-state index is 5.97. The number of benzene rings is 1. The molecule has 0 bridgehead atoms. The number of aromatic amines is 1. The number of rotatable bonds is 3. The van der Waals surface area contributed by atoms with Crippen molar-refractivity contribution in [3.63, 3.8) is 0 Å². The molecule has 1 N–H and O–H groups in total. The van der Waals surface area contributed by atoms with Crippen LogP contribution in [-0.4, -0.2) is 31.6 Å². The van der Waals surface area contributed by atoms with Crippen molar-refractivity contribution in [2.24, 2.45) is 0 Å². The molecule has 5 nitrogen and oxygen atoms in total. The van der Waals surface area contributed by atoms with E-state index in [4.69, 9.17) is 16.6 Å².